The number of carbonyl (C=O) groups excluding carboxylic acids is 4. The zero-order chi connectivity index (χ0) is 32.6. The lowest BCUT2D eigenvalue weighted by atomic mass is 9.69. The van der Waals surface area contributed by atoms with Gasteiger partial charge in [-0.3, -0.25) is 24.5 Å². The van der Waals surface area contributed by atoms with Crippen LogP contribution in [0.15, 0.2) is 97.1 Å². The zero-order valence-corrected chi connectivity index (χ0v) is 25.1. The maximum absolute atomic E-state index is 14.4. The van der Waals surface area contributed by atoms with Gasteiger partial charge in [0.1, 0.15) is 5.78 Å². The van der Waals surface area contributed by atoms with Crippen molar-refractivity contribution in [3.8, 4) is 23.0 Å². The summed E-state index contributed by atoms with van der Waals surface area (Å²) in [6, 6.07) is 23.9. The molecule has 1 aliphatic carbocycles. The molecule has 0 amide bonds. The van der Waals surface area contributed by atoms with Gasteiger partial charge in [-0.15, -0.1) is 0 Å². The molecule has 0 radical (unpaired) electrons. The molecule has 0 saturated carbocycles. The van der Waals surface area contributed by atoms with Crippen LogP contribution >= 0.6 is 0 Å². The largest absolute Gasteiger partial charge is 0.504 e. The van der Waals surface area contributed by atoms with Gasteiger partial charge in [-0.25, -0.2) is 0 Å². The second-order valence-corrected chi connectivity index (χ2v) is 11.4. The molecule has 3 unspecified atom stereocenters. The van der Waals surface area contributed by atoms with Crippen molar-refractivity contribution in [1.82, 2.24) is 5.32 Å². The number of allylic oxidation sites excluding steroid dienone is 1. The maximum Gasteiger partial charge on any atom is 0.192 e. The van der Waals surface area contributed by atoms with Crippen LogP contribution in [-0.4, -0.2) is 53.1 Å². The first-order valence-electron chi connectivity index (χ1n) is 14.7. The second kappa shape index (κ2) is 12.1. The predicted octanol–water partition coefficient (Wildman–Crippen LogP) is 5.22. The highest BCUT2D eigenvalue weighted by Crippen LogP contribution is 2.55. The quantitative estimate of drug-likeness (QED) is 0.170. The molecule has 1 saturated heterocycles. The molecule has 3 atom stereocenters. The van der Waals surface area contributed by atoms with E-state index in [9.17, 15) is 29.4 Å². The van der Waals surface area contributed by atoms with Crippen LogP contribution in [0.5, 0.6) is 23.0 Å². The summed E-state index contributed by atoms with van der Waals surface area (Å²) in [5.41, 5.74) is 0.254. The number of fused-ring (bicyclic) bond motifs is 1. The Balaban J connectivity index is 1.45. The van der Waals surface area contributed by atoms with E-state index in [2.05, 4.69) is 5.32 Å². The van der Waals surface area contributed by atoms with E-state index in [-0.39, 0.29) is 34.1 Å². The van der Waals surface area contributed by atoms with Crippen LogP contribution in [0.1, 0.15) is 55.8 Å². The molecule has 0 bridgehead atoms. The summed E-state index contributed by atoms with van der Waals surface area (Å²) in [7, 11) is 2.81. The number of nitrogens with one attached hydrogen (secondary N) is 1. The van der Waals surface area contributed by atoms with Crippen LogP contribution < -0.4 is 14.8 Å². The first-order chi connectivity index (χ1) is 22.2. The Bertz CT molecular complexity index is 1860. The van der Waals surface area contributed by atoms with Crippen molar-refractivity contribution >= 4 is 29.2 Å². The summed E-state index contributed by atoms with van der Waals surface area (Å²) < 4.78 is 10.4. The van der Waals surface area contributed by atoms with Crippen LogP contribution in [0, 0.1) is 5.92 Å². The summed E-state index contributed by atoms with van der Waals surface area (Å²) in [6.45, 7) is 0. The van der Waals surface area contributed by atoms with E-state index in [0.717, 1.165) is 0 Å². The fraction of sp³-hybridized carbons (Fsp3) is 0.189. The Morgan fingerprint density at radius 3 is 2.07 bits per heavy atom. The molecular formula is C37H31NO8. The minimum Gasteiger partial charge on any atom is -0.504 e. The monoisotopic (exact) mass is 617 g/mol. The third-order valence-electron chi connectivity index (χ3n) is 8.81. The van der Waals surface area contributed by atoms with E-state index < -0.39 is 53.0 Å². The number of methoxy groups -OCH3 is 2. The molecule has 1 spiro atoms. The van der Waals surface area contributed by atoms with Crippen molar-refractivity contribution in [2.24, 2.45) is 5.92 Å². The van der Waals surface area contributed by atoms with Gasteiger partial charge >= 0.3 is 0 Å². The van der Waals surface area contributed by atoms with Gasteiger partial charge in [-0.2, -0.15) is 0 Å². The second-order valence-electron chi connectivity index (χ2n) is 11.4. The maximum atomic E-state index is 14.4. The first kappa shape index (κ1) is 30.5. The van der Waals surface area contributed by atoms with Crippen LogP contribution in [0.2, 0.25) is 0 Å². The lowest BCUT2D eigenvalue weighted by Crippen LogP contribution is -2.54. The molecule has 9 heteroatoms. The number of hydrogen-bond donors (Lipinski definition) is 3. The number of rotatable bonds is 9. The number of carbonyl (C=O) groups is 4. The van der Waals surface area contributed by atoms with Gasteiger partial charge in [0, 0.05) is 29.0 Å². The molecule has 6 rings (SSSR count). The Kier molecular flexibility index (Phi) is 8.02. The molecule has 1 heterocycles. The van der Waals surface area contributed by atoms with E-state index in [1.54, 1.807) is 66.7 Å². The molecular weight excluding hydrogens is 586 g/mol. The summed E-state index contributed by atoms with van der Waals surface area (Å²) >= 11 is 0. The highest BCUT2D eigenvalue weighted by atomic mass is 16.5. The van der Waals surface area contributed by atoms with Gasteiger partial charge < -0.3 is 19.7 Å². The van der Waals surface area contributed by atoms with Gasteiger partial charge in [0.15, 0.2) is 45.9 Å². The molecule has 4 aromatic rings. The van der Waals surface area contributed by atoms with Crippen LogP contribution in [-0.2, 0) is 9.59 Å². The number of hydrogen-bond acceptors (Lipinski definition) is 9. The van der Waals surface area contributed by atoms with Crippen molar-refractivity contribution in [1.29, 1.82) is 0 Å². The Morgan fingerprint density at radius 2 is 1.43 bits per heavy atom. The van der Waals surface area contributed by atoms with E-state index in [4.69, 9.17) is 9.47 Å². The van der Waals surface area contributed by atoms with E-state index >= 15 is 0 Å². The van der Waals surface area contributed by atoms with Crippen molar-refractivity contribution < 1.29 is 38.9 Å². The fourth-order valence-electron chi connectivity index (χ4n) is 6.72. The number of phenolic OH excluding ortho intramolecular Hbond substituents is 2. The Hall–Kier alpha value is -5.54. The van der Waals surface area contributed by atoms with Gasteiger partial charge in [0.05, 0.1) is 20.6 Å². The van der Waals surface area contributed by atoms with Gasteiger partial charge in [0.2, 0.25) is 0 Å². The summed E-state index contributed by atoms with van der Waals surface area (Å²) in [6.07, 6.45) is 2.24. The minimum atomic E-state index is -1.86. The van der Waals surface area contributed by atoms with E-state index in [1.807, 2.05) is 6.07 Å². The average molecular weight is 618 g/mol. The van der Waals surface area contributed by atoms with Gasteiger partial charge in [-0.05, 0) is 47.0 Å². The average Bonchev–Trinajstić information content (AvgIpc) is 3.54. The van der Waals surface area contributed by atoms with E-state index in [1.165, 1.54) is 44.6 Å². The fourth-order valence-corrected chi connectivity index (χ4v) is 6.72. The molecule has 2 aliphatic rings. The summed E-state index contributed by atoms with van der Waals surface area (Å²) in [5.74, 6) is -3.85. The molecule has 1 aliphatic heterocycles. The topological polar surface area (TPSA) is 139 Å². The lowest BCUT2D eigenvalue weighted by molar-refractivity contribution is -0.128. The number of benzene rings is 4. The van der Waals surface area contributed by atoms with Crippen molar-refractivity contribution in [3.05, 3.63) is 125 Å². The molecule has 46 heavy (non-hydrogen) atoms. The standard InChI is InChI=1S/C37H31NO8/c1-45-30-17-13-21(18-28(30)41)12-15-24(39)20-29(42)32-33(23-14-16-27(40)31(19-23)46-2)37(38-34(32)22-8-4-3-5-9-22)35(43)25-10-6-7-11-26(25)36(37)44/h3-19,32-34,38,40-41H,20H2,1-2H3/b15-12+. The van der Waals surface area contributed by atoms with Crippen LogP contribution in [0.4, 0.5) is 0 Å². The molecule has 3 N–H and O–H groups in total. The Labute approximate surface area is 265 Å². The number of Topliss-reactive ketones (excluding diaryl/α,β-unsaturated/α-hetero) is 3. The minimum absolute atomic E-state index is 0.0970. The number of ether oxygens (including phenoxy) is 2. The first-order valence-corrected chi connectivity index (χ1v) is 14.7. The lowest BCUT2D eigenvalue weighted by Gasteiger charge is -2.31. The Morgan fingerprint density at radius 1 is 0.783 bits per heavy atom. The van der Waals surface area contributed by atoms with Crippen molar-refractivity contribution in [3.63, 3.8) is 0 Å². The van der Waals surface area contributed by atoms with Crippen molar-refractivity contribution in [2.75, 3.05) is 14.2 Å². The van der Waals surface area contributed by atoms with Crippen LogP contribution in [0.3, 0.4) is 0 Å². The molecule has 232 valence electrons. The summed E-state index contributed by atoms with van der Waals surface area (Å²) in [4.78, 5) is 56.3. The predicted molar refractivity (Wildman–Crippen MR) is 169 cm³/mol. The highest BCUT2D eigenvalue weighted by molar-refractivity contribution is 6.34. The SMILES string of the molecule is COc1ccc(/C=C/C(=O)CC(=O)C2C(c3ccccc3)NC3(C(=O)c4ccccc4C3=O)C2c2ccc(O)c(OC)c2)cc1O. The molecule has 1 fully saturated rings. The third kappa shape index (κ3) is 5.04. The highest BCUT2D eigenvalue weighted by Gasteiger charge is 2.67. The normalized spacial score (nSPS) is 19.8. The van der Waals surface area contributed by atoms with E-state index in [0.29, 0.717) is 16.7 Å². The number of ketones is 4. The van der Waals surface area contributed by atoms with Gasteiger partial charge in [0.25, 0.3) is 0 Å². The number of aromatic hydroxyl groups is 2. The third-order valence-corrected chi connectivity index (χ3v) is 8.81. The molecule has 0 aromatic heterocycles. The smallest absolute Gasteiger partial charge is 0.192 e. The molecule has 4 aromatic carbocycles. The van der Waals surface area contributed by atoms with Crippen molar-refractivity contribution in [2.45, 2.75) is 23.9 Å². The number of phenols is 2. The van der Waals surface area contributed by atoms with Crippen LogP contribution in [0.25, 0.3) is 6.08 Å². The van der Waals surface area contributed by atoms with Gasteiger partial charge in [-0.1, -0.05) is 72.8 Å². The molecule has 9 nitrogen and oxygen atoms in total. The zero-order valence-electron chi connectivity index (χ0n) is 25.1. The summed E-state index contributed by atoms with van der Waals surface area (Å²) in [5, 5.41) is 23.8.